The number of carbonyl (C=O) groups is 2. The summed E-state index contributed by atoms with van der Waals surface area (Å²) in [6.07, 6.45) is 2.09. The molecule has 2 atom stereocenters. The van der Waals surface area contributed by atoms with Crippen molar-refractivity contribution in [1.29, 1.82) is 0 Å². The van der Waals surface area contributed by atoms with Crippen molar-refractivity contribution >= 4 is 40.6 Å². The van der Waals surface area contributed by atoms with Gasteiger partial charge in [-0.2, -0.15) is 0 Å². The number of carbonyl (C=O) groups excluding carboxylic acids is 2. The lowest BCUT2D eigenvalue weighted by Crippen LogP contribution is -2.29. The molecular weight excluding hydrogens is 528 g/mol. The molecular formula is C30H28N4O5S. The summed E-state index contributed by atoms with van der Waals surface area (Å²) in [5.41, 5.74) is 3.40. The molecule has 2 N–H and O–H groups in total. The number of amides is 1. The first kappa shape index (κ1) is 26.9. The molecule has 1 saturated heterocycles. The first-order chi connectivity index (χ1) is 19.4. The summed E-state index contributed by atoms with van der Waals surface area (Å²) in [6, 6.07) is 21.4. The number of aromatic nitrogens is 1. The molecule has 0 spiro atoms. The Labute approximate surface area is 237 Å². The second-order valence-corrected chi connectivity index (χ2v) is 9.44. The van der Waals surface area contributed by atoms with Gasteiger partial charge in [-0.1, -0.05) is 25.1 Å². The molecule has 40 heavy (non-hydrogen) atoms. The van der Waals surface area contributed by atoms with E-state index in [4.69, 9.17) is 26.1 Å². The van der Waals surface area contributed by atoms with Crippen LogP contribution in [0.2, 0.25) is 0 Å². The highest BCUT2D eigenvalue weighted by molar-refractivity contribution is 7.80. The number of nitrogens with one attached hydrogen (secondary N) is 2. The molecule has 3 heterocycles. The topological polar surface area (TPSA) is 106 Å². The summed E-state index contributed by atoms with van der Waals surface area (Å²) < 4.78 is 16.8. The number of hydrogen-bond donors (Lipinski definition) is 2. The van der Waals surface area contributed by atoms with E-state index in [1.165, 1.54) is 7.11 Å². The van der Waals surface area contributed by atoms with Crippen LogP contribution in [0, 0.1) is 0 Å². The SMILES string of the molecule is CCC(=O)Nc1ccc(N2C(=S)N[C@H](c3ccccn3)[C@@H]2c2ccc(-c3ccc(C(=O)OC)cc3)o2)cc1OC. The van der Waals surface area contributed by atoms with Gasteiger partial charge in [-0.3, -0.25) is 9.78 Å². The zero-order chi connectivity index (χ0) is 28.2. The van der Waals surface area contributed by atoms with Crippen LogP contribution in [0.15, 0.2) is 83.4 Å². The van der Waals surface area contributed by atoms with Crippen LogP contribution in [0.4, 0.5) is 11.4 Å². The number of nitrogens with zero attached hydrogens (tertiary/aromatic N) is 2. The lowest BCUT2D eigenvalue weighted by atomic mass is 10.0. The average Bonchev–Trinajstić information content (AvgIpc) is 3.62. The van der Waals surface area contributed by atoms with Gasteiger partial charge in [0.05, 0.1) is 37.2 Å². The lowest BCUT2D eigenvalue weighted by molar-refractivity contribution is -0.115. The third kappa shape index (κ3) is 5.26. The summed E-state index contributed by atoms with van der Waals surface area (Å²) >= 11 is 5.82. The molecule has 1 aliphatic rings. The fraction of sp³-hybridized carbons (Fsp3) is 0.200. The Morgan fingerprint density at radius 2 is 1.88 bits per heavy atom. The molecule has 10 heteroatoms. The number of anilines is 2. The maximum absolute atomic E-state index is 12.0. The minimum Gasteiger partial charge on any atom is -0.494 e. The zero-order valence-electron chi connectivity index (χ0n) is 22.2. The average molecular weight is 557 g/mol. The van der Waals surface area contributed by atoms with Gasteiger partial charge in [0.15, 0.2) is 5.11 Å². The fourth-order valence-electron chi connectivity index (χ4n) is 4.65. The number of hydrogen-bond acceptors (Lipinski definition) is 7. The normalized spacial score (nSPS) is 16.4. The molecule has 0 aliphatic carbocycles. The van der Waals surface area contributed by atoms with Crippen molar-refractivity contribution < 1.29 is 23.5 Å². The third-order valence-electron chi connectivity index (χ3n) is 6.67. The highest BCUT2D eigenvalue weighted by atomic mass is 32.1. The smallest absolute Gasteiger partial charge is 0.337 e. The summed E-state index contributed by atoms with van der Waals surface area (Å²) in [5.74, 6) is 1.30. The Hall–Kier alpha value is -4.70. The second kappa shape index (κ2) is 11.6. The van der Waals surface area contributed by atoms with Crippen molar-refractivity contribution in [2.45, 2.75) is 25.4 Å². The first-order valence-corrected chi connectivity index (χ1v) is 13.1. The quantitative estimate of drug-likeness (QED) is 0.210. The van der Waals surface area contributed by atoms with Crippen LogP contribution in [-0.4, -0.2) is 36.2 Å². The van der Waals surface area contributed by atoms with Crippen molar-refractivity contribution in [2.75, 3.05) is 24.4 Å². The van der Waals surface area contributed by atoms with Gasteiger partial charge in [-0.25, -0.2) is 4.79 Å². The van der Waals surface area contributed by atoms with Crippen molar-refractivity contribution in [3.63, 3.8) is 0 Å². The second-order valence-electron chi connectivity index (χ2n) is 9.05. The van der Waals surface area contributed by atoms with Crippen molar-refractivity contribution in [3.8, 4) is 17.1 Å². The van der Waals surface area contributed by atoms with Crippen LogP contribution in [0.1, 0.15) is 47.2 Å². The van der Waals surface area contributed by atoms with E-state index in [9.17, 15) is 9.59 Å². The molecule has 0 unspecified atom stereocenters. The lowest BCUT2D eigenvalue weighted by Gasteiger charge is -2.27. The predicted octanol–water partition coefficient (Wildman–Crippen LogP) is 5.66. The van der Waals surface area contributed by atoms with E-state index in [2.05, 4.69) is 15.6 Å². The number of pyridine rings is 1. The van der Waals surface area contributed by atoms with Gasteiger partial charge in [0.1, 0.15) is 23.3 Å². The predicted molar refractivity (Wildman–Crippen MR) is 155 cm³/mol. The maximum atomic E-state index is 12.0. The van der Waals surface area contributed by atoms with Crippen LogP contribution in [-0.2, 0) is 9.53 Å². The number of rotatable bonds is 8. The van der Waals surface area contributed by atoms with E-state index < -0.39 is 5.97 Å². The van der Waals surface area contributed by atoms with Crippen molar-refractivity contribution in [1.82, 2.24) is 10.3 Å². The molecule has 0 bridgehead atoms. The van der Waals surface area contributed by atoms with Gasteiger partial charge < -0.3 is 29.4 Å². The Morgan fingerprint density at radius 1 is 1.07 bits per heavy atom. The zero-order valence-corrected chi connectivity index (χ0v) is 23.0. The number of furan rings is 1. The number of ether oxygens (including phenoxy) is 2. The van der Waals surface area contributed by atoms with E-state index in [0.29, 0.717) is 40.1 Å². The Bertz CT molecular complexity index is 1540. The van der Waals surface area contributed by atoms with Crippen LogP contribution in [0.5, 0.6) is 5.75 Å². The number of benzene rings is 2. The highest BCUT2D eigenvalue weighted by Gasteiger charge is 2.42. The van der Waals surface area contributed by atoms with Crippen LogP contribution in [0.3, 0.4) is 0 Å². The number of esters is 1. The number of thiocarbonyl (C=S) groups is 1. The molecule has 9 nitrogen and oxygen atoms in total. The Morgan fingerprint density at radius 3 is 2.55 bits per heavy atom. The molecule has 4 aromatic rings. The van der Waals surface area contributed by atoms with E-state index in [-0.39, 0.29) is 18.0 Å². The van der Waals surface area contributed by atoms with E-state index in [1.54, 1.807) is 38.4 Å². The van der Waals surface area contributed by atoms with Gasteiger partial charge in [0.2, 0.25) is 5.91 Å². The Balaban J connectivity index is 1.54. The minimum absolute atomic E-state index is 0.111. The molecule has 0 saturated carbocycles. The summed E-state index contributed by atoms with van der Waals surface area (Å²) in [5, 5.41) is 6.77. The van der Waals surface area contributed by atoms with Crippen molar-refractivity contribution in [3.05, 3.63) is 96.0 Å². The van der Waals surface area contributed by atoms with E-state index in [1.807, 2.05) is 59.5 Å². The van der Waals surface area contributed by atoms with Gasteiger partial charge in [0.25, 0.3) is 0 Å². The van der Waals surface area contributed by atoms with Crippen LogP contribution >= 0.6 is 12.2 Å². The highest BCUT2D eigenvalue weighted by Crippen LogP contribution is 2.44. The fourth-order valence-corrected chi connectivity index (χ4v) is 4.99. The van der Waals surface area contributed by atoms with Gasteiger partial charge in [-0.15, -0.1) is 0 Å². The van der Waals surface area contributed by atoms with Gasteiger partial charge in [-0.05, 0) is 60.7 Å². The van der Waals surface area contributed by atoms with Crippen molar-refractivity contribution in [2.24, 2.45) is 0 Å². The molecule has 5 rings (SSSR count). The summed E-state index contributed by atoms with van der Waals surface area (Å²) in [7, 11) is 2.91. The van der Waals surface area contributed by atoms with E-state index in [0.717, 1.165) is 16.9 Å². The monoisotopic (exact) mass is 556 g/mol. The largest absolute Gasteiger partial charge is 0.494 e. The third-order valence-corrected chi connectivity index (χ3v) is 6.98. The molecule has 2 aromatic carbocycles. The molecule has 1 fully saturated rings. The number of methoxy groups -OCH3 is 2. The van der Waals surface area contributed by atoms with Gasteiger partial charge in [0, 0.05) is 29.9 Å². The molecule has 1 amide bonds. The van der Waals surface area contributed by atoms with Crippen LogP contribution < -0.4 is 20.3 Å². The van der Waals surface area contributed by atoms with Crippen LogP contribution in [0.25, 0.3) is 11.3 Å². The molecule has 0 radical (unpaired) electrons. The first-order valence-electron chi connectivity index (χ1n) is 12.7. The maximum Gasteiger partial charge on any atom is 0.337 e. The summed E-state index contributed by atoms with van der Waals surface area (Å²) in [6.45, 7) is 1.79. The molecule has 204 valence electrons. The van der Waals surface area contributed by atoms with Gasteiger partial charge >= 0.3 is 5.97 Å². The standard InChI is InChI=1S/C30H28N4O5S/c1-4-26(35)32-21-13-12-20(17-25(21)37-2)34-28(27(33-30(34)40)22-7-5-6-16-31-22)24-15-14-23(39-24)18-8-10-19(11-9-18)29(36)38-3/h5-17,27-28H,4H2,1-3H3,(H,32,35)(H,33,40)/t27-,28+/m1/s1. The summed E-state index contributed by atoms with van der Waals surface area (Å²) in [4.78, 5) is 30.4. The van der Waals surface area contributed by atoms with E-state index >= 15 is 0 Å². The molecule has 1 aliphatic heterocycles. The minimum atomic E-state index is -0.401. The molecule has 2 aromatic heterocycles. The Kier molecular flexibility index (Phi) is 7.79.